The van der Waals surface area contributed by atoms with Crippen LogP contribution in [-0.2, 0) is 6.54 Å². The molecule has 0 bridgehead atoms. The molecule has 3 rings (SSSR count). The predicted molar refractivity (Wildman–Crippen MR) is 87.2 cm³/mol. The van der Waals surface area contributed by atoms with E-state index < -0.39 is 0 Å². The molecule has 0 radical (unpaired) electrons. The first-order valence-electron chi connectivity index (χ1n) is 7.62. The smallest absolute Gasteiger partial charge is 0.212 e. The lowest BCUT2D eigenvalue weighted by Gasteiger charge is -2.35. The van der Waals surface area contributed by atoms with Crippen LogP contribution < -0.4 is 9.64 Å². The Bertz CT molecular complexity index is 687. The molecule has 118 valence electrons. The van der Waals surface area contributed by atoms with Gasteiger partial charge in [-0.15, -0.1) is 0 Å². The van der Waals surface area contributed by atoms with Crippen molar-refractivity contribution in [3.05, 3.63) is 47.8 Å². The maximum Gasteiger partial charge on any atom is 0.212 e. The SMILES string of the molecule is COc1ccc(CN2CCN(c3cccc(C#N)n3)CC2)cn1. The van der Waals surface area contributed by atoms with Crippen LogP contribution in [0.25, 0.3) is 0 Å². The van der Waals surface area contributed by atoms with Gasteiger partial charge in [0.15, 0.2) is 0 Å². The summed E-state index contributed by atoms with van der Waals surface area (Å²) in [5.41, 5.74) is 1.65. The van der Waals surface area contributed by atoms with Crippen molar-refractivity contribution in [3.63, 3.8) is 0 Å². The Morgan fingerprint density at radius 1 is 1.17 bits per heavy atom. The van der Waals surface area contributed by atoms with E-state index in [9.17, 15) is 0 Å². The second-order valence-electron chi connectivity index (χ2n) is 5.46. The summed E-state index contributed by atoms with van der Waals surface area (Å²) in [6.45, 7) is 4.63. The number of ether oxygens (including phenoxy) is 1. The van der Waals surface area contributed by atoms with E-state index in [1.807, 2.05) is 24.4 Å². The Hall–Kier alpha value is -2.65. The fraction of sp³-hybridized carbons (Fsp3) is 0.353. The Labute approximate surface area is 136 Å². The molecular weight excluding hydrogens is 290 g/mol. The van der Waals surface area contributed by atoms with Crippen molar-refractivity contribution in [1.82, 2.24) is 14.9 Å². The minimum atomic E-state index is 0.467. The number of methoxy groups -OCH3 is 1. The first-order valence-corrected chi connectivity index (χ1v) is 7.62. The van der Waals surface area contributed by atoms with Crippen LogP contribution in [-0.4, -0.2) is 48.2 Å². The summed E-state index contributed by atoms with van der Waals surface area (Å²) < 4.78 is 5.08. The summed E-state index contributed by atoms with van der Waals surface area (Å²) in [5.74, 6) is 1.52. The molecule has 0 atom stereocenters. The minimum absolute atomic E-state index is 0.467. The van der Waals surface area contributed by atoms with E-state index in [4.69, 9.17) is 10.00 Å². The molecule has 3 heterocycles. The number of nitriles is 1. The number of pyridine rings is 2. The summed E-state index contributed by atoms with van der Waals surface area (Å²) >= 11 is 0. The van der Waals surface area contributed by atoms with E-state index in [0.29, 0.717) is 11.6 Å². The molecule has 1 fully saturated rings. The molecule has 0 spiro atoms. The van der Waals surface area contributed by atoms with E-state index >= 15 is 0 Å². The molecule has 2 aromatic heterocycles. The van der Waals surface area contributed by atoms with Gasteiger partial charge in [0.2, 0.25) is 5.88 Å². The van der Waals surface area contributed by atoms with Crippen molar-refractivity contribution in [2.24, 2.45) is 0 Å². The summed E-state index contributed by atoms with van der Waals surface area (Å²) in [7, 11) is 1.62. The van der Waals surface area contributed by atoms with Gasteiger partial charge in [0, 0.05) is 45.0 Å². The molecule has 0 unspecified atom stereocenters. The molecule has 1 aliphatic rings. The zero-order chi connectivity index (χ0) is 16.1. The number of nitrogens with zero attached hydrogens (tertiary/aromatic N) is 5. The molecule has 0 N–H and O–H groups in total. The van der Waals surface area contributed by atoms with Crippen LogP contribution in [0.3, 0.4) is 0 Å². The topological polar surface area (TPSA) is 65.3 Å². The zero-order valence-electron chi connectivity index (χ0n) is 13.1. The number of aromatic nitrogens is 2. The third-order valence-electron chi connectivity index (χ3n) is 3.96. The third kappa shape index (κ3) is 3.76. The molecule has 6 nitrogen and oxygen atoms in total. The van der Waals surface area contributed by atoms with Gasteiger partial charge < -0.3 is 9.64 Å². The molecule has 0 aliphatic carbocycles. The quantitative estimate of drug-likeness (QED) is 0.856. The normalized spacial score (nSPS) is 15.2. The number of piperazine rings is 1. The second kappa shape index (κ2) is 7.07. The molecule has 1 saturated heterocycles. The average Bonchev–Trinajstić information content (AvgIpc) is 2.63. The molecule has 0 aromatic carbocycles. The number of rotatable bonds is 4. The Kier molecular flexibility index (Phi) is 4.69. The van der Waals surface area contributed by atoms with E-state index in [-0.39, 0.29) is 0 Å². The summed E-state index contributed by atoms with van der Waals surface area (Å²) in [6, 6.07) is 11.6. The Morgan fingerprint density at radius 3 is 2.65 bits per heavy atom. The molecule has 2 aromatic rings. The predicted octanol–water partition coefficient (Wildman–Crippen LogP) is 1.68. The van der Waals surface area contributed by atoms with Crippen molar-refractivity contribution in [3.8, 4) is 11.9 Å². The highest BCUT2D eigenvalue weighted by molar-refractivity contribution is 5.42. The van der Waals surface area contributed by atoms with Gasteiger partial charge in [-0.25, -0.2) is 9.97 Å². The third-order valence-corrected chi connectivity index (χ3v) is 3.96. The van der Waals surface area contributed by atoms with Crippen LogP contribution in [0.15, 0.2) is 36.5 Å². The first kappa shape index (κ1) is 15.3. The minimum Gasteiger partial charge on any atom is -0.481 e. The zero-order valence-corrected chi connectivity index (χ0v) is 13.1. The number of hydrogen-bond donors (Lipinski definition) is 0. The van der Waals surface area contributed by atoms with Crippen molar-refractivity contribution in [1.29, 1.82) is 5.26 Å². The monoisotopic (exact) mass is 309 g/mol. The van der Waals surface area contributed by atoms with Gasteiger partial charge in [-0.3, -0.25) is 4.90 Å². The van der Waals surface area contributed by atoms with Crippen LogP contribution in [0.2, 0.25) is 0 Å². The maximum atomic E-state index is 8.95. The summed E-state index contributed by atoms with van der Waals surface area (Å²) in [6.07, 6.45) is 1.86. The molecule has 6 heteroatoms. The highest BCUT2D eigenvalue weighted by Crippen LogP contribution is 2.16. The van der Waals surface area contributed by atoms with Crippen molar-refractivity contribution >= 4 is 5.82 Å². The fourth-order valence-electron chi connectivity index (χ4n) is 2.68. The van der Waals surface area contributed by atoms with Gasteiger partial charge in [-0.2, -0.15) is 5.26 Å². The van der Waals surface area contributed by atoms with Gasteiger partial charge in [-0.1, -0.05) is 12.1 Å². The fourth-order valence-corrected chi connectivity index (χ4v) is 2.68. The van der Waals surface area contributed by atoms with E-state index in [1.54, 1.807) is 13.2 Å². The molecule has 0 saturated carbocycles. The van der Waals surface area contributed by atoms with Crippen molar-refractivity contribution < 1.29 is 4.74 Å². The summed E-state index contributed by atoms with van der Waals surface area (Å²) in [4.78, 5) is 13.2. The van der Waals surface area contributed by atoms with Gasteiger partial charge in [-0.05, 0) is 17.7 Å². The highest BCUT2D eigenvalue weighted by Gasteiger charge is 2.18. The number of hydrogen-bond acceptors (Lipinski definition) is 6. The molecule has 1 aliphatic heterocycles. The highest BCUT2D eigenvalue weighted by atomic mass is 16.5. The molecule has 0 amide bonds. The largest absolute Gasteiger partial charge is 0.481 e. The second-order valence-corrected chi connectivity index (χ2v) is 5.46. The van der Waals surface area contributed by atoms with Crippen molar-refractivity contribution in [2.45, 2.75) is 6.54 Å². The summed E-state index contributed by atoms with van der Waals surface area (Å²) in [5, 5.41) is 8.95. The Morgan fingerprint density at radius 2 is 2.00 bits per heavy atom. The van der Waals surface area contributed by atoms with Gasteiger partial charge in [0.25, 0.3) is 0 Å². The number of anilines is 1. The van der Waals surface area contributed by atoms with Gasteiger partial charge >= 0.3 is 0 Å². The van der Waals surface area contributed by atoms with Crippen molar-refractivity contribution in [2.75, 3.05) is 38.2 Å². The maximum absolute atomic E-state index is 8.95. The van der Waals surface area contributed by atoms with Crippen LogP contribution in [0, 0.1) is 11.3 Å². The van der Waals surface area contributed by atoms with Gasteiger partial charge in [0.05, 0.1) is 7.11 Å². The van der Waals surface area contributed by atoms with Crippen LogP contribution in [0.5, 0.6) is 5.88 Å². The van der Waals surface area contributed by atoms with E-state index in [1.165, 1.54) is 5.56 Å². The van der Waals surface area contributed by atoms with Crippen LogP contribution >= 0.6 is 0 Å². The Balaban J connectivity index is 1.56. The van der Waals surface area contributed by atoms with Crippen LogP contribution in [0.4, 0.5) is 5.82 Å². The average molecular weight is 309 g/mol. The lowest BCUT2D eigenvalue weighted by molar-refractivity contribution is 0.249. The lowest BCUT2D eigenvalue weighted by atomic mass is 10.2. The van der Waals surface area contributed by atoms with Crippen LogP contribution in [0.1, 0.15) is 11.3 Å². The van der Waals surface area contributed by atoms with E-state index in [2.05, 4.69) is 31.9 Å². The first-order chi connectivity index (χ1) is 11.3. The van der Waals surface area contributed by atoms with Gasteiger partial charge in [0.1, 0.15) is 17.6 Å². The molecular formula is C17H19N5O. The lowest BCUT2D eigenvalue weighted by Crippen LogP contribution is -2.46. The molecule has 23 heavy (non-hydrogen) atoms. The van der Waals surface area contributed by atoms with E-state index in [0.717, 1.165) is 38.5 Å². The standard InChI is InChI=1S/C17H19N5O/c1-23-17-6-5-14(12-19-17)13-21-7-9-22(10-8-21)16-4-2-3-15(11-18)20-16/h2-6,12H,7-10,13H2,1H3.